The van der Waals surface area contributed by atoms with Crippen LogP contribution >= 0.6 is 15.9 Å². The summed E-state index contributed by atoms with van der Waals surface area (Å²) in [5.74, 6) is 0.313. The molecule has 1 aromatic carbocycles. The third kappa shape index (κ3) is 2.08. The molecule has 0 unspecified atom stereocenters. The molecule has 104 valence electrons. The molecule has 3 aromatic rings. The normalized spacial score (nSPS) is 11.3. The topological polar surface area (TPSA) is 84.0 Å². The van der Waals surface area contributed by atoms with Crippen LogP contribution in [0.3, 0.4) is 0 Å². The zero-order valence-electron chi connectivity index (χ0n) is 10.7. The van der Waals surface area contributed by atoms with Crippen LogP contribution in [0, 0.1) is 0 Å². The smallest absolute Gasteiger partial charge is 0.408 e. The van der Waals surface area contributed by atoms with E-state index in [4.69, 9.17) is 9.52 Å². The highest BCUT2D eigenvalue weighted by Gasteiger charge is 2.15. The first-order chi connectivity index (χ1) is 9.60. The van der Waals surface area contributed by atoms with Gasteiger partial charge in [0.1, 0.15) is 16.1 Å². The molecule has 0 fully saturated rings. The minimum atomic E-state index is -0.474. The number of benzene rings is 1. The standard InChI is InChI=1S/C13H12BrN3O3/c1-17-10(4-5-18)16-11(12(17)14)7-2-3-9-8(6-7)15-13(19)20-9/h2-3,6,18H,4-5H2,1H3,(H,15,19). The zero-order valence-corrected chi connectivity index (χ0v) is 12.3. The van der Waals surface area contributed by atoms with Gasteiger partial charge in [-0.3, -0.25) is 4.98 Å². The molecule has 0 radical (unpaired) electrons. The van der Waals surface area contributed by atoms with Gasteiger partial charge in [0.15, 0.2) is 5.58 Å². The van der Waals surface area contributed by atoms with Crippen LogP contribution in [0.2, 0.25) is 0 Å². The highest BCUT2D eigenvalue weighted by molar-refractivity contribution is 9.10. The predicted molar refractivity (Wildman–Crippen MR) is 77.5 cm³/mol. The molecule has 0 aliphatic carbocycles. The van der Waals surface area contributed by atoms with Gasteiger partial charge in [0.2, 0.25) is 0 Å². The Morgan fingerprint density at radius 1 is 1.50 bits per heavy atom. The monoisotopic (exact) mass is 337 g/mol. The number of hydrogen-bond donors (Lipinski definition) is 2. The second-order valence-electron chi connectivity index (χ2n) is 4.43. The summed E-state index contributed by atoms with van der Waals surface area (Å²) in [6, 6.07) is 5.39. The molecule has 2 heterocycles. The minimum Gasteiger partial charge on any atom is -0.408 e. The van der Waals surface area contributed by atoms with E-state index < -0.39 is 5.76 Å². The fourth-order valence-electron chi connectivity index (χ4n) is 2.13. The number of aromatic nitrogens is 3. The van der Waals surface area contributed by atoms with Gasteiger partial charge < -0.3 is 14.1 Å². The molecule has 3 rings (SSSR count). The van der Waals surface area contributed by atoms with E-state index in [2.05, 4.69) is 25.9 Å². The molecule has 0 aliphatic heterocycles. The van der Waals surface area contributed by atoms with Crippen LogP contribution in [0.4, 0.5) is 0 Å². The molecule has 0 aliphatic rings. The number of aliphatic hydroxyl groups excluding tert-OH is 1. The lowest BCUT2D eigenvalue weighted by Crippen LogP contribution is -2.00. The van der Waals surface area contributed by atoms with Crippen molar-refractivity contribution in [2.45, 2.75) is 6.42 Å². The maximum Gasteiger partial charge on any atom is 0.417 e. The number of imidazole rings is 1. The Bertz CT molecular complexity index is 831. The molecule has 6 nitrogen and oxygen atoms in total. The Morgan fingerprint density at radius 2 is 2.30 bits per heavy atom. The van der Waals surface area contributed by atoms with Gasteiger partial charge in [-0.15, -0.1) is 0 Å². The largest absolute Gasteiger partial charge is 0.417 e. The average molecular weight is 338 g/mol. The van der Waals surface area contributed by atoms with Crippen molar-refractivity contribution in [3.05, 3.63) is 39.2 Å². The second kappa shape index (κ2) is 4.92. The first kappa shape index (κ1) is 13.1. The van der Waals surface area contributed by atoms with Gasteiger partial charge >= 0.3 is 5.76 Å². The number of hydrogen-bond acceptors (Lipinski definition) is 4. The van der Waals surface area contributed by atoms with Crippen molar-refractivity contribution in [2.24, 2.45) is 7.05 Å². The van der Waals surface area contributed by atoms with E-state index in [0.717, 1.165) is 21.7 Å². The summed E-state index contributed by atoms with van der Waals surface area (Å²) in [5, 5.41) is 9.04. The van der Waals surface area contributed by atoms with E-state index in [1.807, 2.05) is 23.7 Å². The van der Waals surface area contributed by atoms with E-state index in [-0.39, 0.29) is 6.61 Å². The van der Waals surface area contributed by atoms with Crippen molar-refractivity contribution in [3.63, 3.8) is 0 Å². The molecular formula is C13H12BrN3O3. The molecule has 0 atom stereocenters. The average Bonchev–Trinajstić information content (AvgIpc) is 2.92. The Kier molecular flexibility index (Phi) is 3.23. The number of nitrogens with one attached hydrogen (secondary N) is 1. The number of rotatable bonds is 3. The highest BCUT2D eigenvalue weighted by Crippen LogP contribution is 2.29. The first-order valence-corrected chi connectivity index (χ1v) is 6.84. The molecule has 0 saturated heterocycles. The van der Waals surface area contributed by atoms with Crippen molar-refractivity contribution in [3.8, 4) is 11.3 Å². The first-order valence-electron chi connectivity index (χ1n) is 6.05. The Morgan fingerprint density at radius 3 is 3.05 bits per heavy atom. The van der Waals surface area contributed by atoms with E-state index in [1.54, 1.807) is 6.07 Å². The lowest BCUT2D eigenvalue weighted by atomic mass is 10.1. The molecule has 2 N–H and O–H groups in total. The minimum absolute atomic E-state index is 0.0464. The van der Waals surface area contributed by atoms with Gasteiger partial charge in [-0.25, -0.2) is 9.78 Å². The van der Waals surface area contributed by atoms with Crippen LogP contribution in [-0.2, 0) is 13.5 Å². The number of aromatic amines is 1. The van der Waals surface area contributed by atoms with Crippen molar-refractivity contribution in [1.29, 1.82) is 0 Å². The Hall–Kier alpha value is -1.86. The summed E-state index contributed by atoms with van der Waals surface area (Å²) in [7, 11) is 1.88. The number of halogens is 1. The van der Waals surface area contributed by atoms with Gasteiger partial charge in [0.25, 0.3) is 0 Å². The molecule has 0 bridgehead atoms. The van der Waals surface area contributed by atoms with Crippen molar-refractivity contribution in [2.75, 3.05) is 6.61 Å². The van der Waals surface area contributed by atoms with Gasteiger partial charge in [-0.2, -0.15) is 0 Å². The fraction of sp³-hybridized carbons (Fsp3) is 0.231. The summed E-state index contributed by atoms with van der Waals surface area (Å²) in [5.41, 5.74) is 2.77. The van der Waals surface area contributed by atoms with Gasteiger partial charge in [0.05, 0.1) is 12.1 Å². The van der Waals surface area contributed by atoms with Crippen molar-refractivity contribution >= 4 is 27.0 Å². The van der Waals surface area contributed by atoms with Gasteiger partial charge in [0, 0.05) is 19.0 Å². The summed E-state index contributed by atoms with van der Waals surface area (Å²) in [4.78, 5) is 18.3. The SMILES string of the molecule is Cn1c(CCO)nc(-c2ccc3oc(=O)[nH]c3c2)c1Br. The summed E-state index contributed by atoms with van der Waals surface area (Å²) in [6.07, 6.45) is 0.486. The van der Waals surface area contributed by atoms with Crippen LogP contribution in [0.25, 0.3) is 22.4 Å². The van der Waals surface area contributed by atoms with Crippen molar-refractivity contribution in [1.82, 2.24) is 14.5 Å². The van der Waals surface area contributed by atoms with Gasteiger partial charge in [-0.05, 0) is 34.1 Å². The van der Waals surface area contributed by atoms with E-state index in [9.17, 15) is 4.79 Å². The fourth-order valence-corrected chi connectivity index (χ4v) is 2.65. The Balaban J connectivity index is 2.14. The quantitative estimate of drug-likeness (QED) is 0.763. The molecule has 0 spiro atoms. The van der Waals surface area contributed by atoms with Crippen molar-refractivity contribution < 1.29 is 9.52 Å². The number of fused-ring (bicyclic) bond motifs is 1. The third-order valence-corrected chi connectivity index (χ3v) is 4.05. The lowest BCUT2D eigenvalue weighted by molar-refractivity contribution is 0.295. The molecule has 20 heavy (non-hydrogen) atoms. The molecule has 0 amide bonds. The number of nitrogens with zero attached hydrogens (tertiary/aromatic N) is 2. The van der Waals surface area contributed by atoms with Crippen LogP contribution in [0.5, 0.6) is 0 Å². The molecule has 0 saturated carbocycles. The van der Waals surface area contributed by atoms with E-state index in [0.29, 0.717) is 17.5 Å². The third-order valence-electron chi connectivity index (χ3n) is 3.15. The summed E-state index contributed by atoms with van der Waals surface area (Å²) in [6.45, 7) is 0.0464. The molecular weight excluding hydrogens is 326 g/mol. The maximum atomic E-state index is 11.2. The summed E-state index contributed by atoms with van der Waals surface area (Å²) >= 11 is 3.50. The van der Waals surface area contributed by atoms with E-state index >= 15 is 0 Å². The second-order valence-corrected chi connectivity index (χ2v) is 5.18. The Labute approximate surface area is 122 Å². The molecule has 2 aromatic heterocycles. The number of aliphatic hydroxyl groups is 1. The summed E-state index contributed by atoms with van der Waals surface area (Å²) < 4.78 is 7.68. The lowest BCUT2D eigenvalue weighted by Gasteiger charge is -1.99. The highest BCUT2D eigenvalue weighted by atomic mass is 79.9. The number of oxazole rings is 1. The number of H-pyrrole nitrogens is 1. The zero-order chi connectivity index (χ0) is 14.3. The van der Waals surface area contributed by atoms with Crippen LogP contribution in [0.15, 0.2) is 32.0 Å². The maximum absolute atomic E-state index is 11.2. The predicted octanol–water partition coefficient (Wildman–Crippen LogP) is 1.82. The van der Waals surface area contributed by atoms with E-state index in [1.165, 1.54) is 0 Å². The van der Waals surface area contributed by atoms with Crippen LogP contribution in [-0.4, -0.2) is 26.2 Å². The van der Waals surface area contributed by atoms with Crippen LogP contribution < -0.4 is 5.76 Å². The van der Waals surface area contributed by atoms with Crippen LogP contribution in [0.1, 0.15) is 5.82 Å². The van der Waals surface area contributed by atoms with Gasteiger partial charge in [-0.1, -0.05) is 0 Å². The molecule has 7 heteroatoms.